The summed E-state index contributed by atoms with van der Waals surface area (Å²) in [5, 5.41) is 22.6. The van der Waals surface area contributed by atoms with E-state index in [2.05, 4.69) is 31.2 Å². The molecule has 10 nitrogen and oxygen atoms in total. The third-order valence-electron chi connectivity index (χ3n) is 7.07. The number of aromatic nitrogens is 2. The summed E-state index contributed by atoms with van der Waals surface area (Å²) < 4.78 is 31.3. The van der Waals surface area contributed by atoms with E-state index in [0.717, 1.165) is 18.4 Å². The molecule has 0 saturated heterocycles. The predicted octanol–water partition coefficient (Wildman–Crippen LogP) is 5.14. The highest BCUT2D eigenvalue weighted by atomic mass is 35.5. The van der Waals surface area contributed by atoms with Crippen molar-refractivity contribution in [3.63, 3.8) is 0 Å². The SMILES string of the molecule is COc1ccc(CCNC(O)NC2CCCCC2)cc1Nc1ncc(Cl)c(Nc2ccccc2S(=O)(=O)C(C)C)n1. The van der Waals surface area contributed by atoms with Crippen LogP contribution in [0.5, 0.6) is 5.75 Å². The molecule has 0 amide bonds. The summed E-state index contributed by atoms with van der Waals surface area (Å²) in [6.45, 7) is 3.86. The Labute approximate surface area is 247 Å². The van der Waals surface area contributed by atoms with E-state index in [-0.39, 0.29) is 21.7 Å². The number of ether oxygens (including phenoxy) is 1. The maximum atomic E-state index is 12.9. The van der Waals surface area contributed by atoms with Gasteiger partial charge in [-0.1, -0.05) is 49.1 Å². The summed E-state index contributed by atoms with van der Waals surface area (Å²) in [4.78, 5) is 8.97. The number of nitrogens with one attached hydrogen (secondary N) is 4. The Kier molecular flexibility index (Phi) is 10.8. The molecule has 0 bridgehead atoms. The van der Waals surface area contributed by atoms with Crippen molar-refractivity contribution in [3.8, 4) is 5.75 Å². The van der Waals surface area contributed by atoms with Crippen LogP contribution in [0.4, 0.5) is 23.1 Å². The molecule has 1 saturated carbocycles. The maximum absolute atomic E-state index is 12.9. The number of hydrogen-bond acceptors (Lipinski definition) is 10. The molecular weight excluding hydrogens is 564 g/mol. The Morgan fingerprint density at radius 3 is 2.56 bits per heavy atom. The lowest BCUT2D eigenvalue weighted by molar-refractivity contribution is 0.0817. The molecule has 222 valence electrons. The molecule has 5 N–H and O–H groups in total. The van der Waals surface area contributed by atoms with E-state index >= 15 is 0 Å². The van der Waals surface area contributed by atoms with Gasteiger partial charge in [0.2, 0.25) is 5.95 Å². The highest BCUT2D eigenvalue weighted by molar-refractivity contribution is 7.92. The first kappa shape index (κ1) is 31.0. The molecule has 1 heterocycles. The molecule has 1 aliphatic carbocycles. The van der Waals surface area contributed by atoms with E-state index < -0.39 is 21.4 Å². The van der Waals surface area contributed by atoms with Gasteiger partial charge in [0.25, 0.3) is 0 Å². The lowest BCUT2D eigenvalue weighted by Gasteiger charge is -2.26. The lowest BCUT2D eigenvalue weighted by Crippen LogP contribution is -2.48. The number of halogens is 1. The number of methoxy groups -OCH3 is 1. The van der Waals surface area contributed by atoms with Crippen molar-refractivity contribution in [2.45, 2.75) is 74.9 Å². The molecule has 1 unspecified atom stereocenters. The quantitative estimate of drug-likeness (QED) is 0.167. The molecule has 41 heavy (non-hydrogen) atoms. The number of aliphatic hydroxyl groups is 1. The molecule has 1 aromatic heterocycles. The first-order chi connectivity index (χ1) is 19.7. The molecule has 3 aromatic rings. The van der Waals surface area contributed by atoms with Crippen LogP contribution in [-0.2, 0) is 16.3 Å². The number of aliphatic hydroxyl groups excluding tert-OH is 1. The van der Waals surface area contributed by atoms with Crippen molar-refractivity contribution in [2.75, 3.05) is 24.3 Å². The highest BCUT2D eigenvalue weighted by Crippen LogP contribution is 2.32. The molecule has 2 aromatic carbocycles. The molecular formula is C29H39ClN6O4S. The summed E-state index contributed by atoms with van der Waals surface area (Å²) in [5.41, 5.74) is 2.05. The van der Waals surface area contributed by atoms with Crippen LogP contribution in [0.3, 0.4) is 0 Å². The largest absolute Gasteiger partial charge is 0.495 e. The van der Waals surface area contributed by atoms with Gasteiger partial charge in [-0.2, -0.15) is 4.98 Å². The second-order valence-corrected chi connectivity index (χ2v) is 13.3. The predicted molar refractivity (Wildman–Crippen MR) is 163 cm³/mol. The summed E-state index contributed by atoms with van der Waals surface area (Å²) in [6.07, 6.45) is 7.24. The zero-order valence-electron chi connectivity index (χ0n) is 23.7. The van der Waals surface area contributed by atoms with E-state index in [1.54, 1.807) is 45.2 Å². The fourth-order valence-corrected chi connectivity index (χ4v) is 6.09. The number of anilines is 4. The Balaban J connectivity index is 1.45. The van der Waals surface area contributed by atoms with Gasteiger partial charge in [-0.3, -0.25) is 10.6 Å². The van der Waals surface area contributed by atoms with Crippen LogP contribution < -0.4 is 26.0 Å². The van der Waals surface area contributed by atoms with Crippen LogP contribution in [0.15, 0.2) is 53.6 Å². The van der Waals surface area contributed by atoms with Crippen LogP contribution in [0.2, 0.25) is 5.02 Å². The topological polar surface area (TPSA) is 138 Å². The molecule has 1 aliphatic rings. The number of para-hydroxylation sites is 1. The molecule has 0 radical (unpaired) electrons. The van der Waals surface area contributed by atoms with Gasteiger partial charge >= 0.3 is 0 Å². The monoisotopic (exact) mass is 602 g/mol. The standard InChI is InChI=1S/C29H39ClN6O4S/c1-19(2)41(38,39)26-12-8-7-11-23(26)34-27-22(30)18-32-28(36-27)35-24-17-20(13-14-25(24)40-3)15-16-31-29(37)33-21-9-5-4-6-10-21/h7-8,11-14,17-19,21,29,31,33,37H,4-6,9-10,15-16H2,1-3H3,(H2,32,34,35,36). The Morgan fingerprint density at radius 1 is 1.07 bits per heavy atom. The van der Waals surface area contributed by atoms with Crippen molar-refractivity contribution >= 4 is 44.6 Å². The zero-order valence-corrected chi connectivity index (χ0v) is 25.2. The lowest BCUT2D eigenvalue weighted by atomic mass is 9.96. The highest BCUT2D eigenvalue weighted by Gasteiger charge is 2.23. The van der Waals surface area contributed by atoms with Crippen LogP contribution in [0, 0.1) is 0 Å². The molecule has 12 heteroatoms. The number of rotatable bonds is 13. The fraction of sp³-hybridized carbons (Fsp3) is 0.448. The third-order valence-corrected chi connectivity index (χ3v) is 9.56. The first-order valence-electron chi connectivity index (χ1n) is 13.9. The van der Waals surface area contributed by atoms with Crippen LogP contribution in [-0.4, -0.2) is 54.8 Å². The number of hydrogen-bond donors (Lipinski definition) is 5. The minimum atomic E-state index is -3.54. The zero-order chi connectivity index (χ0) is 29.4. The van der Waals surface area contributed by atoms with E-state index in [0.29, 0.717) is 36.1 Å². The summed E-state index contributed by atoms with van der Waals surface area (Å²) in [7, 11) is -1.96. The molecule has 0 aliphatic heterocycles. The smallest absolute Gasteiger partial charge is 0.229 e. The van der Waals surface area contributed by atoms with Crippen LogP contribution in [0.25, 0.3) is 0 Å². The molecule has 0 spiro atoms. The van der Waals surface area contributed by atoms with Gasteiger partial charge in [-0.05, 0) is 62.9 Å². The summed E-state index contributed by atoms with van der Waals surface area (Å²) >= 11 is 6.38. The van der Waals surface area contributed by atoms with E-state index in [9.17, 15) is 13.5 Å². The van der Waals surface area contributed by atoms with E-state index in [4.69, 9.17) is 16.3 Å². The molecule has 4 rings (SSSR count). The Bertz CT molecular complexity index is 1420. The average molecular weight is 603 g/mol. The van der Waals surface area contributed by atoms with E-state index in [1.807, 2.05) is 18.2 Å². The number of benzene rings is 2. The second kappa shape index (κ2) is 14.3. The summed E-state index contributed by atoms with van der Waals surface area (Å²) in [5.74, 6) is 1.11. The van der Waals surface area contributed by atoms with Crippen LogP contribution >= 0.6 is 11.6 Å². The minimum Gasteiger partial charge on any atom is -0.495 e. The van der Waals surface area contributed by atoms with Crippen molar-refractivity contribution in [3.05, 3.63) is 59.2 Å². The van der Waals surface area contributed by atoms with Crippen molar-refractivity contribution in [1.29, 1.82) is 0 Å². The maximum Gasteiger partial charge on any atom is 0.229 e. The average Bonchev–Trinajstić information content (AvgIpc) is 2.95. The van der Waals surface area contributed by atoms with Gasteiger partial charge in [0.1, 0.15) is 10.8 Å². The van der Waals surface area contributed by atoms with Gasteiger partial charge in [0, 0.05) is 12.6 Å². The minimum absolute atomic E-state index is 0.168. The Hall–Kier alpha value is -2.96. The van der Waals surface area contributed by atoms with Crippen molar-refractivity contribution < 1.29 is 18.3 Å². The number of nitrogens with zero attached hydrogens (tertiary/aromatic N) is 2. The second-order valence-electron chi connectivity index (χ2n) is 10.4. The van der Waals surface area contributed by atoms with Crippen molar-refractivity contribution in [1.82, 2.24) is 20.6 Å². The van der Waals surface area contributed by atoms with Gasteiger partial charge in [0.15, 0.2) is 22.0 Å². The molecule has 1 atom stereocenters. The molecule has 1 fully saturated rings. The first-order valence-corrected chi connectivity index (χ1v) is 15.8. The van der Waals surface area contributed by atoms with Gasteiger partial charge in [-0.25, -0.2) is 13.4 Å². The van der Waals surface area contributed by atoms with Gasteiger partial charge < -0.3 is 20.5 Å². The van der Waals surface area contributed by atoms with E-state index in [1.165, 1.54) is 25.5 Å². The van der Waals surface area contributed by atoms with Crippen molar-refractivity contribution in [2.24, 2.45) is 0 Å². The fourth-order valence-electron chi connectivity index (χ4n) is 4.75. The summed E-state index contributed by atoms with van der Waals surface area (Å²) in [6, 6.07) is 12.8. The van der Waals surface area contributed by atoms with Crippen LogP contribution in [0.1, 0.15) is 51.5 Å². The van der Waals surface area contributed by atoms with Gasteiger partial charge in [-0.15, -0.1) is 0 Å². The normalized spacial score (nSPS) is 15.1. The third kappa shape index (κ3) is 8.30. The van der Waals surface area contributed by atoms with Gasteiger partial charge in [0.05, 0.1) is 34.8 Å². The Morgan fingerprint density at radius 2 is 1.83 bits per heavy atom. The number of sulfone groups is 1.